The Hall–Kier alpha value is -1.16. The van der Waals surface area contributed by atoms with Crippen molar-refractivity contribution in [3.8, 4) is 0 Å². The summed E-state index contributed by atoms with van der Waals surface area (Å²) in [5.74, 6) is -0.844. The van der Waals surface area contributed by atoms with Gasteiger partial charge in [-0.3, -0.25) is 0 Å². The van der Waals surface area contributed by atoms with Gasteiger partial charge in [0, 0.05) is 11.1 Å². The normalized spacial score (nSPS) is 12.4. The van der Waals surface area contributed by atoms with Crippen LogP contribution in [0.5, 0.6) is 0 Å². The van der Waals surface area contributed by atoms with Crippen LogP contribution in [0.15, 0.2) is 36.4 Å². The van der Waals surface area contributed by atoms with Gasteiger partial charge in [0.15, 0.2) is 0 Å². The van der Waals surface area contributed by atoms with Crippen molar-refractivity contribution < 1.29 is 8.78 Å². The largest absolute Gasteiger partial charge is 0.327 e. The monoisotopic (exact) mass is 315 g/mol. The second-order valence-corrected chi connectivity index (χ2v) is 5.43. The quantitative estimate of drug-likeness (QED) is 0.890. The maximum Gasteiger partial charge on any atom is 0.145 e. The lowest BCUT2D eigenvalue weighted by molar-refractivity contribution is 0.583. The molecular formula is C15H13Cl2F2N. The predicted molar refractivity (Wildman–Crippen MR) is 78.2 cm³/mol. The number of benzene rings is 2. The van der Waals surface area contributed by atoms with Crippen LogP contribution in [0.4, 0.5) is 8.78 Å². The molecule has 0 aliphatic carbocycles. The molecule has 0 amide bonds. The summed E-state index contributed by atoms with van der Waals surface area (Å²) in [4.78, 5) is 0. The Kier molecular flexibility index (Phi) is 4.97. The zero-order valence-electron chi connectivity index (χ0n) is 10.5. The molecule has 1 nitrogen and oxygen atoms in total. The predicted octanol–water partition coefficient (Wildman–Crippen LogP) is 4.38. The molecule has 1 atom stereocenters. The van der Waals surface area contributed by atoms with Crippen LogP contribution in [0.25, 0.3) is 0 Å². The zero-order valence-corrected chi connectivity index (χ0v) is 12.1. The van der Waals surface area contributed by atoms with Crippen molar-refractivity contribution in [3.05, 3.63) is 69.2 Å². The van der Waals surface area contributed by atoms with Gasteiger partial charge >= 0.3 is 0 Å². The van der Waals surface area contributed by atoms with Gasteiger partial charge in [0.25, 0.3) is 0 Å². The highest BCUT2D eigenvalue weighted by atomic mass is 35.5. The Morgan fingerprint density at radius 3 is 2.35 bits per heavy atom. The van der Waals surface area contributed by atoms with Crippen LogP contribution < -0.4 is 5.73 Å². The van der Waals surface area contributed by atoms with Crippen LogP contribution in [0, 0.1) is 11.6 Å². The molecule has 0 radical (unpaired) electrons. The summed E-state index contributed by atoms with van der Waals surface area (Å²) in [7, 11) is 0. The molecule has 2 aromatic rings. The van der Waals surface area contributed by atoms with Gasteiger partial charge in [-0.05, 0) is 42.2 Å². The highest BCUT2D eigenvalue weighted by molar-refractivity contribution is 6.31. The highest BCUT2D eigenvalue weighted by Crippen LogP contribution is 2.22. The van der Waals surface area contributed by atoms with Gasteiger partial charge in [-0.25, -0.2) is 8.78 Å². The van der Waals surface area contributed by atoms with Gasteiger partial charge in [0.1, 0.15) is 11.6 Å². The first-order valence-corrected chi connectivity index (χ1v) is 6.85. The average molecular weight is 316 g/mol. The van der Waals surface area contributed by atoms with Gasteiger partial charge in [0.2, 0.25) is 0 Å². The fraction of sp³-hybridized carbons (Fsp3) is 0.200. The number of nitrogens with two attached hydrogens (primary N) is 1. The van der Waals surface area contributed by atoms with E-state index in [-0.39, 0.29) is 11.1 Å². The van der Waals surface area contributed by atoms with E-state index in [1.54, 1.807) is 18.2 Å². The molecule has 2 rings (SSSR count). The molecule has 2 aromatic carbocycles. The topological polar surface area (TPSA) is 26.0 Å². The van der Waals surface area contributed by atoms with Crippen molar-refractivity contribution in [1.82, 2.24) is 0 Å². The average Bonchev–Trinajstić information content (AvgIpc) is 2.38. The van der Waals surface area contributed by atoms with E-state index in [1.807, 2.05) is 0 Å². The summed E-state index contributed by atoms with van der Waals surface area (Å²) in [6, 6.07) is 8.64. The van der Waals surface area contributed by atoms with Crippen molar-refractivity contribution >= 4 is 23.2 Å². The van der Waals surface area contributed by atoms with Crippen LogP contribution in [-0.2, 0) is 12.8 Å². The van der Waals surface area contributed by atoms with Gasteiger partial charge in [-0.1, -0.05) is 41.4 Å². The molecule has 1 unspecified atom stereocenters. The minimum atomic E-state index is -0.449. The summed E-state index contributed by atoms with van der Waals surface area (Å²) in [5, 5.41) is 0.404. The van der Waals surface area contributed by atoms with Crippen LogP contribution >= 0.6 is 23.2 Å². The number of rotatable bonds is 4. The Balaban J connectivity index is 2.09. The maximum atomic E-state index is 13.8. The third-order valence-corrected chi connectivity index (χ3v) is 3.65. The summed E-state index contributed by atoms with van der Waals surface area (Å²) >= 11 is 11.7. The molecule has 0 aliphatic rings. The third-order valence-electron chi connectivity index (χ3n) is 3.01. The highest BCUT2D eigenvalue weighted by Gasteiger charge is 2.13. The Bertz CT molecular complexity index is 617. The molecule has 5 heteroatoms. The first-order valence-electron chi connectivity index (χ1n) is 6.09. The lowest BCUT2D eigenvalue weighted by Gasteiger charge is -2.14. The third kappa shape index (κ3) is 3.69. The van der Waals surface area contributed by atoms with Crippen molar-refractivity contribution in [2.75, 3.05) is 0 Å². The van der Waals surface area contributed by atoms with Gasteiger partial charge in [-0.15, -0.1) is 0 Å². The SMILES string of the molecule is NC(Cc1ccc(F)cc1Cl)Cc1cccc(Cl)c1F. The minimum Gasteiger partial charge on any atom is -0.327 e. The van der Waals surface area contributed by atoms with Crippen molar-refractivity contribution in [2.24, 2.45) is 5.73 Å². The van der Waals surface area contributed by atoms with Gasteiger partial charge in [-0.2, -0.15) is 0 Å². The molecular weight excluding hydrogens is 303 g/mol. The molecule has 20 heavy (non-hydrogen) atoms. The van der Waals surface area contributed by atoms with Crippen molar-refractivity contribution in [1.29, 1.82) is 0 Å². The van der Waals surface area contributed by atoms with Crippen LogP contribution in [-0.4, -0.2) is 6.04 Å². The first-order chi connectivity index (χ1) is 9.47. The second kappa shape index (κ2) is 6.53. The summed E-state index contributed by atoms with van der Waals surface area (Å²) in [6.07, 6.45) is 0.769. The van der Waals surface area contributed by atoms with Crippen molar-refractivity contribution in [3.63, 3.8) is 0 Å². The number of halogens is 4. The van der Waals surface area contributed by atoms with Crippen LogP contribution in [0.3, 0.4) is 0 Å². The molecule has 0 bridgehead atoms. The molecule has 0 aromatic heterocycles. The van der Waals surface area contributed by atoms with Crippen LogP contribution in [0.1, 0.15) is 11.1 Å². The lowest BCUT2D eigenvalue weighted by Crippen LogP contribution is -2.26. The van der Waals surface area contributed by atoms with Gasteiger partial charge in [0.05, 0.1) is 5.02 Å². The molecule has 0 saturated heterocycles. The number of hydrogen-bond acceptors (Lipinski definition) is 1. The molecule has 0 fully saturated rings. The van der Waals surface area contributed by atoms with E-state index in [0.29, 0.717) is 23.4 Å². The molecule has 0 spiro atoms. The van der Waals surface area contributed by atoms with Crippen LogP contribution in [0.2, 0.25) is 10.0 Å². The standard InChI is InChI=1S/C15H13Cl2F2N/c16-13-3-1-2-10(15(13)19)7-12(20)6-9-4-5-11(18)8-14(9)17/h1-5,8,12H,6-7,20H2. The van der Waals surface area contributed by atoms with E-state index in [0.717, 1.165) is 5.56 Å². The fourth-order valence-corrected chi connectivity index (χ4v) is 2.47. The summed E-state index contributed by atoms with van der Waals surface area (Å²) in [5.41, 5.74) is 7.20. The summed E-state index contributed by atoms with van der Waals surface area (Å²) < 4.78 is 26.7. The van der Waals surface area contributed by atoms with E-state index in [4.69, 9.17) is 28.9 Å². The van der Waals surface area contributed by atoms with E-state index in [9.17, 15) is 8.78 Å². The van der Waals surface area contributed by atoms with E-state index < -0.39 is 11.6 Å². The zero-order chi connectivity index (χ0) is 14.7. The maximum absolute atomic E-state index is 13.8. The second-order valence-electron chi connectivity index (χ2n) is 4.62. The minimum absolute atomic E-state index is 0.0783. The van der Waals surface area contributed by atoms with E-state index >= 15 is 0 Å². The lowest BCUT2D eigenvalue weighted by atomic mass is 9.99. The molecule has 0 aliphatic heterocycles. The van der Waals surface area contributed by atoms with Gasteiger partial charge < -0.3 is 5.73 Å². The Morgan fingerprint density at radius 2 is 1.65 bits per heavy atom. The smallest absolute Gasteiger partial charge is 0.145 e. The van der Waals surface area contributed by atoms with Crippen molar-refractivity contribution in [2.45, 2.75) is 18.9 Å². The molecule has 2 N–H and O–H groups in total. The van der Waals surface area contributed by atoms with E-state index in [2.05, 4.69) is 0 Å². The van der Waals surface area contributed by atoms with E-state index in [1.165, 1.54) is 18.2 Å². The first kappa shape index (κ1) is 15.2. The molecule has 0 heterocycles. The Labute approximate surface area is 126 Å². The molecule has 106 valence electrons. The number of hydrogen-bond donors (Lipinski definition) is 1. The summed E-state index contributed by atoms with van der Waals surface area (Å²) in [6.45, 7) is 0. The molecule has 0 saturated carbocycles. The fourth-order valence-electron chi connectivity index (χ4n) is 2.03. The Morgan fingerprint density at radius 1 is 0.950 bits per heavy atom.